The summed E-state index contributed by atoms with van der Waals surface area (Å²) in [5.41, 5.74) is 8.67. The minimum atomic E-state index is 0.276. The van der Waals surface area contributed by atoms with E-state index in [4.69, 9.17) is 5.73 Å². The van der Waals surface area contributed by atoms with E-state index in [9.17, 15) is 0 Å². The van der Waals surface area contributed by atoms with Crippen LogP contribution < -0.4 is 5.73 Å². The molecule has 0 saturated carbocycles. The Kier molecular flexibility index (Phi) is 5.35. The molecule has 1 unspecified atom stereocenters. The van der Waals surface area contributed by atoms with Gasteiger partial charge in [0.2, 0.25) is 0 Å². The molecule has 0 amide bonds. The smallest absolute Gasteiger partial charge is 0.0477 e. The van der Waals surface area contributed by atoms with Crippen LogP contribution in [0, 0.1) is 6.92 Å². The molecule has 0 aliphatic carbocycles. The van der Waals surface area contributed by atoms with E-state index in [2.05, 4.69) is 67.4 Å². The van der Waals surface area contributed by atoms with Crippen LogP contribution in [0.3, 0.4) is 0 Å². The van der Waals surface area contributed by atoms with Gasteiger partial charge in [-0.3, -0.25) is 4.90 Å². The summed E-state index contributed by atoms with van der Waals surface area (Å²) in [4.78, 5) is 3.88. The minimum absolute atomic E-state index is 0.276. The zero-order valence-electron chi connectivity index (χ0n) is 12.5. The molecule has 2 nitrogen and oxygen atoms in total. The topological polar surface area (TPSA) is 29.3 Å². The summed E-state index contributed by atoms with van der Waals surface area (Å²) in [5, 5.41) is 2.14. The van der Waals surface area contributed by atoms with Gasteiger partial charge in [-0.15, -0.1) is 11.3 Å². The normalized spacial score (nSPS) is 13.1. The van der Waals surface area contributed by atoms with Crippen molar-refractivity contribution >= 4 is 11.3 Å². The van der Waals surface area contributed by atoms with E-state index in [-0.39, 0.29) is 6.04 Å². The van der Waals surface area contributed by atoms with Crippen molar-refractivity contribution in [3.05, 3.63) is 57.8 Å². The highest BCUT2D eigenvalue weighted by molar-refractivity contribution is 7.09. The summed E-state index contributed by atoms with van der Waals surface area (Å²) in [5.74, 6) is 0. The predicted molar refractivity (Wildman–Crippen MR) is 88.0 cm³/mol. The fraction of sp³-hybridized carbons (Fsp3) is 0.412. The third-order valence-electron chi connectivity index (χ3n) is 3.67. The monoisotopic (exact) mass is 288 g/mol. The van der Waals surface area contributed by atoms with E-state index >= 15 is 0 Å². The average molecular weight is 288 g/mol. The van der Waals surface area contributed by atoms with Crippen molar-refractivity contribution in [2.45, 2.75) is 39.4 Å². The van der Waals surface area contributed by atoms with Gasteiger partial charge in [-0.2, -0.15) is 0 Å². The fourth-order valence-corrected chi connectivity index (χ4v) is 3.20. The number of aryl methyl sites for hydroxylation is 1. The first-order valence-corrected chi connectivity index (χ1v) is 8.04. The maximum absolute atomic E-state index is 6.07. The largest absolute Gasteiger partial charge is 0.329 e. The first-order chi connectivity index (χ1) is 9.61. The summed E-state index contributed by atoms with van der Waals surface area (Å²) >= 11 is 1.81. The van der Waals surface area contributed by atoms with Crippen LogP contribution in [0.25, 0.3) is 0 Å². The van der Waals surface area contributed by atoms with Crippen LogP contribution in [-0.4, -0.2) is 17.5 Å². The molecule has 3 heteroatoms. The maximum Gasteiger partial charge on any atom is 0.0477 e. The number of benzene rings is 1. The van der Waals surface area contributed by atoms with Gasteiger partial charge in [0.1, 0.15) is 0 Å². The molecule has 0 aliphatic heterocycles. The Morgan fingerprint density at radius 1 is 1.15 bits per heavy atom. The molecule has 0 spiro atoms. The Bertz CT molecular complexity index is 502. The van der Waals surface area contributed by atoms with Crippen molar-refractivity contribution in [2.75, 3.05) is 6.54 Å². The summed E-state index contributed by atoms with van der Waals surface area (Å²) < 4.78 is 0. The molecule has 1 aromatic heterocycles. The molecule has 108 valence electrons. The van der Waals surface area contributed by atoms with Crippen LogP contribution >= 0.6 is 11.3 Å². The van der Waals surface area contributed by atoms with Gasteiger partial charge >= 0.3 is 0 Å². The van der Waals surface area contributed by atoms with Gasteiger partial charge in [0.05, 0.1) is 0 Å². The molecule has 20 heavy (non-hydrogen) atoms. The van der Waals surface area contributed by atoms with Gasteiger partial charge in [-0.1, -0.05) is 35.9 Å². The molecule has 2 aromatic rings. The van der Waals surface area contributed by atoms with Crippen LogP contribution in [0.15, 0.2) is 41.8 Å². The lowest BCUT2D eigenvalue weighted by molar-refractivity contribution is 0.149. The van der Waals surface area contributed by atoms with E-state index in [1.54, 1.807) is 0 Å². The minimum Gasteiger partial charge on any atom is -0.329 e. The van der Waals surface area contributed by atoms with Crippen molar-refractivity contribution < 1.29 is 0 Å². The first kappa shape index (κ1) is 15.2. The number of nitrogens with zero attached hydrogens (tertiary/aromatic N) is 1. The summed E-state index contributed by atoms with van der Waals surface area (Å²) in [7, 11) is 0. The molecule has 0 radical (unpaired) electrons. The predicted octanol–water partition coefficient (Wildman–Crippen LogP) is 3.97. The molecule has 0 aliphatic rings. The lowest BCUT2D eigenvalue weighted by Crippen LogP contribution is -2.38. The van der Waals surface area contributed by atoms with Crippen LogP contribution in [0.1, 0.15) is 35.9 Å². The summed E-state index contributed by atoms with van der Waals surface area (Å²) in [6.07, 6.45) is 0. The van der Waals surface area contributed by atoms with Gasteiger partial charge in [-0.25, -0.2) is 0 Å². The van der Waals surface area contributed by atoms with Crippen molar-refractivity contribution in [3.8, 4) is 0 Å². The van der Waals surface area contributed by atoms with Crippen molar-refractivity contribution in [2.24, 2.45) is 5.73 Å². The molecular weight excluding hydrogens is 264 g/mol. The van der Waals surface area contributed by atoms with Gasteiger partial charge in [0, 0.05) is 30.1 Å². The molecule has 1 aromatic carbocycles. The molecule has 1 heterocycles. The average Bonchev–Trinajstić information content (AvgIpc) is 2.93. The molecule has 2 rings (SSSR count). The fourth-order valence-electron chi connectivity index (χ4n) is 2.49. The van der Waals surface area contributed by atoms with Crippen LogP contribution in [-0.2, 0) is 6.54 Å². The lowest BCUT2D eigenvalue weighted by Gasteiger charge is -2.34. The quantitative estimate of drug-likeness (QED) is 0.871. The second-order valence-electron chi connectivity index (χ2n) is 5.51. The van der Waals surface area contributed by atoms with Gasteiger partial charge < -0.3 is 5.73 Å². The third-order valence-corrected chi connectivity index (χ3v) is 4.53. The summed E-state index contributed by atoms with van der Waals surface area (Å²) in [6, 6.07) is 13.8. The Hall–Kier alpha value is -1.16. The third kappa shape index (κ3) is 3.69. The van der Waals surface area contributed by atoms with Crippen LogP contribution in [0.2, 0.25) is 0 Å². The molecule has 0 saturated heterocycles. The number of nitrogens with two attached hydrogens (primary N) is 1. The molecule has 1 atom stereocenters. The number of rotatable bonds is 6. The van der Waals surface area contributed by atoms with Crippen molar-refractivity contribution in [3.63, 3.8) is 0 Å². The van der Waals surface area contributed by atoms with E-state index in [0.29, 0.717) is 12.6 Å². The lowest BCUT2D eigenvalue weighted by atomic mass is 10.0. The van der Waals surface area contributed by atoms with Gasteiger partial charge in [0.25, 0.3) is 0 Å². The maximum atomic E-state index is 6.07. The second-order valence-corrected chi connectivity index (χ2v) is 6.54. The van der Waals surface area contributed by atoms with Crippen molar-refractivity contribution in [1.82, 2.24) is 4.90 Å². The van der Waals surface area contributed by atoms with Gasteiger partial charge in [-0.05, 0) is 37.8 Å². The van der Waals surface area contributed by atoms with Crippen LogP contribution in [0.4, 0.5) is 0 Å². The molecule has 0 fully saturated rings. The first-order valence-electron chi connectivity index (χ1n) is 7.16. The van der Waals surface area contributed by atoms with E-state index in [1.165, 1.54) is 16.0 Å². The van der Waals surface area contributed by atoms with Crippen molar-refractivity contribution in [1.29, 1.82) is 0 Å². The Labute approximate surface area is 126 Å². The highest BCUT2D eigenvalue weighted by Crippen LogP contribution is 2.26. The standard InChI is InChI=1S/C17H24N2S/c1-13(2)19(12-16-5-4-10-20-16)17(11-18)15-8-6-14(3)7-9-15/h4-10,13,17H,11-12,18H2,1-3H3. The van der Waals surface area contributed by atoms with E-state index in [1.807, 2.05) is 11.3 Å². The van der Waals surface area contributed by atoms with Gasteiger partial charge in [0.15, 0.2) is 0 Å². The van der Waals surface area contributed by atoms with E-state index in [0.717, 1.165) is 6.54 Å². The Morgan fingerprint density at radius 3 is 2.35 bits per heavy atom. The second kappa shape index (κ2) is 7.02. The highest BCUT2D eigenvalue weighted by Gasteiger charge is 2.22. The summed E-state index contributed by atoms with van der Waals surface area (Å²) in [6.45, 7) is 8.21. The van der Waals surface area contributed by atoms with Crippen LogP contribution in [0.5, 0.6) is 0 Å². The van der Waals surface area contributed by atoms with E-state index < -0.39 is 0 Å². The molecular formula is C17H24N2S. The number of thiophene rings is 1. The zero-order chi connectivity index (χ0) is 14.5. The number of hydrogen-bond acceptors (Lipinski definition) is 3. The zero-order valence-corrected chi connectivity index (χ0v) is 13.4. The molecule has 2 N–H and O–H groups in total. The molecule has 0 bridgehead atoms. The Morgan fingerprint density at radius 2 is 1.85 bits per heavy atom. The Balaban J connectivity index is 2.23. The number of hydrogen-bond donors (Lipinski definition) is 1. The highest BCUT2D eigenvalue weighted by atomic mass is 32.1. The SMILES string of the molecule is Cc1ccc(C(CN)N(Cc2cccs2)C(C)C)cc1.